The monoisotopic (exact) mass is 528 g/mol. The Labute approximate surface area is 223 Å². The number of ketones is 2. The number of fused-ring (bicyclic) bond motifs is 4. The summed E-state index contributed by atoms with van der Waals surface area (Å²) in [6, 6.07) is 12.5. The Balaban J connectivity index is 1.89. The van der Waals surface area contributed by atoms with Crippen LogP contribution in [-0.4, -0.2) is 59.1 Å². The van der Waals surface area contributed by atoms with Gasteiger partial charge in [0.1, 0.15) is 22.8 Å². The molecule has 0 unspecified atom stereocenters. The number of benzene rings is 4. The van der Waals surface area contributed by atoms with E-state index in [-0.39, 0.29) is 51.3 Å². The van der Waals surface area contributed by atoms with E-state index in [1.54, 1.807) is 6.07 Å². The summed E-state index contributed by atoms with van der Waals surface area (Å²) in [6.07, 6.45) is -0.344. The molecule has 9 nitrogen and oxygen atoms in total. The fourth-order valence-corrected chi connectivity index (χ4v) is 5.26. The van der Waals surface area contributed by atoms with Gasteiger partial charge in [-0.05, 0) is 34.5 Å². The van der Waals surface area contributed by atoms with Crippen molar-refractivity contribution in [3.8, 4) is 17.2 Å². The number of hydrogen-bond donors (Lipinski definition) is 0. The summed E-state index contributed by atoms with van der Waals surface area (Å²) < 4.78 is 26.8. The van der Waals surface area contributed by atoms with E-state index in [1.807, 2.05) is 30.3 Å². The summed E-state index contributed by atoms with van der Waals surface area (Å²) in [5, 5.41) is 2.84. The predicted molar refractivity (Wildman–Crippen MR) is 141 cm³/mol. The van der Waals surface area contributed by atoms with Crippen LogP contribution in [0.25, 0.3) is 21.5 Å². The largest absolute Gasteiger partial charge is 0.495 e. The zero-order valence-electron chi connectivity index (χ0n) is 21.9. The SMILES string of the molecule is COC(=O)Cc1cc2c(c(OC)c1C(=O)OC)C(=O)c1c(cc3cc4ccccc4c(OC)c3c1OC)C2=O. The van der Waals surface area contributed by atoms with Crippen molar-refractivity contribution in [3.63, 3.8) is 0 Å². The third kappa shape index (κ3) is 3.77. The number of carbonyl (C=O) groups excluding carboxylic acids is 4. The van der Waals surface area contributed by atoms with Gasteiger partial charge in [0.15, 0.2) is 5.78 Å². The van der Waals surface area contributed by atoms with Gasteiger partial charge in [-0.25, -0.2) is 4.79 Å². The summed E-state index contributed by atoms with van der Waals surface area (Å²) in [5.41, 5.74) is -0.00475. The van der Waals surface area contributed by atoms with Gasteiger partial charge in [0.05, 0.1) is 58.5 Å². The Morgan fingerprint density at radius 3 is 1.97 bits per heavy atom. The van der Waals surface area contributed by atoms with E-state index in [0.717, 1.165) is 17.9 Å². The highest BCUT2D eigenvalue weighted by Gasteiger charge is 2.40. The Morgan fingerprint density at radius 2 is 1.33 bits per heavy atom. The fraction of sp³-hybridized carbons (Fsp3) is 0.200. The molecule has 0 bridgehead atoms. The second-order valence-corrected chi connectivity index (χ2v) is 8.83. The fourth-order valence-electron chi connectivity index (χ4n) is 5.26. The van der Waals surface area contributed by atoms with Crippen LogP contribution in [0.5, 0.6) is 17.2 Å². The Morgan fingerprint density at radius 1 is 0.692 bits per heavy atom. The molecule has 0 N–H and O–H groups in total. The molecule has 5 rings (SSSR count). The molecule has 198 valence electrons. The van der Waals surface area contributed by atoms with Gasteiger partial charge < -0.3 is 23.7 Å². The smallest absolute Gasteiger partial charge is 0.341 e. The zero-order chi connectivity index (χ0) is 28.0. The molecular weight excluding hydrogens is 504 g/mol. The van der Waals surface area contributed by atoms with Crippen LogP contribution in [0.4, 0.5) is 0 Å². The first-order chi connectivity index (χ1) is 18.8. The summed E-state index contributed by atoms with van der Waals surface area (Å²) in [5.74, 6) is -2.08. The number of carbonyl (C=O) groups is 4. The number of esters is 2. The van der Waals surface area contributed by atoms with E-state index in [1.165, 1.54) is 34.5 Å². The number of ether oxygens (including phenoxy) is 5. The van der Waals surface area contributed by atoms with Crippen molar-refractivity contribution in [2.75, 3.05) is 35.5 Å². The lowest BCUT2D eigenvalue weighted by Gasteiger charge is -2.25. The minimum absolute atomic E-state index is 0.00920. The average molecular weight is 529 g/mol. The number of rotatable bonds is 6. The van der Waals surface area contributed by atoms with Crippen LogP contribution in [0.3, 0.4) is 0 Å². The van der Waals surface area contributed by atoms with E-state index in [9.17, 15) is 19.2 Å². The topological polar surface area (TPSA) is 114 Å². The standard InChI is InChI=1S/C30H24O9/c1-35-20(31)13-16-12-19-24(29(38-4)22(16)30(34)39-5)26(33)23-18(25(19)32)11-15-10-14-8-6-7-9-17(14)27(36-2)21(15)28(23)37-3/h6-12H,13H2,1-5H3. The highest BCUT2D eigenvalue weighted by atomic mass is 16.5. The van der Waals surface area contributed by atoms with Crippen molar-refractivity contribution >= 4 is 45.0 Å². The molecule has 0 atom stereocenters. The van der Waals surface area contributed by atoms with Crippen molar-refractivity contribution in [1.82, 2.24) is 0 Å². The molecule has 0 amide bonds. The Kier molecular flexibility index (Phi) is 6.43. The van der Waals surface area contributed by atoms with Crippen LogP contribution in [0.1, 0.15) is 47.8 Å². The first kappa shape index (κ1) is 25.7. The van der Waals surface area contributed by atoms with Crippen LogP contribution in [0.15, 0.2) is 42.5 Å². The molecule has 9 heteroatoms. The Hall–Kier alpha value is -4.92. The lowest BCUT2D eigenvalue weighted by atomic mass is 9.79. The molecule has 0 radical (unpaired) electrons. The molecule has 1 aliphatic carbocycles. The zero-order valence-corrected chi connectivity index (χ0v) is 21.9. The summed E-state index contributed by atoms with van der Waals surface area (Å²) in [7, 11) is 6.57. The molecule has 0 aliphatic heterocycles. The Bertz CT molecular complexity index is 1730. The van der Waals surface area contributed by atoms with Crippen LogP contribution in [-0.2, 0) is 20.7 Å². The molecule has 0 heterocycles. The van der Waals surface area contributed by atoms with Crippen molar-refractivity contribution in [2.45, 2.75) is 6.42 Å². The first-order valence-electron chi connectivity index (χ1n) is 11.9. The molecule has 0 saturated carbocycles. The van der Waals surface area contributed by atoms with Gasteiger partial charge in [-0.1, -0.05) is 24.3 Å². The minimum Gasteiger partial charge on any atom is -0.495 e. The van der Waals surface area contributed by atoms with E-state index >= 15 is 0 Å². The molecule has 39 heavy (non-hydrogen) atoms. The third-order valence-corrected chi connectivity index (χ3v) is 6.93. The first-order valence-corrected chi connectivity index (χ1v) is 11.9. The van der Waals surface area contributed by atoms with Crippen molar-refractivity contribution in [3.05, 3.63) is 75.8 Å². The maximum Gasteiger partial charge on any atom is 0.341 e. The second kappa shape index (κ2) is 9.75. The summed E-state index contributed by atoms with van der Waals surface area (Å²) >= 11 is 0. The summed E-state index contributed by atoms with van der Waals surface area (Å²) in [6.45, 7) is 0. The van der Waals surface area contributed by atoms with Crippen LogP contribution in [0.2, 0.25) is 0 Å². The van der Waals surface area contributed by atoms with Gasteiger partial charge in [-0.15, -0.1) is 0 Å². The second-order valence-electron chi connectivity index (χ2n) is 8.83. The van der Waals surface area contributed by atoms with Crippen LogP contribution in [0, 0.1) is 0 Å². The average Bonchev–Trinajstić information content (AvgIpc) is 2.96. The van der Waals surface area contributed by atoms with Crippen molar-refractivity contribution in [2.24, 2.45) is 0 Å². The van der Waals surface area contributed by atoms with Gasteiger partial charge in [0, 0.05) is 16.5 Å². The lowest BCUT2D eigenvalue weighted by molar-refractivity contribution is -0.139. The number of hydrogen-bond acceptors (Lipinski definition) is 9. The van der Waals surface area contributed by atoms with Gasteiger partial charge in [0.25, 0.3) is 0 Å². The van der Waals surface area contributed by atoms with E-state index in [2.05, 4.69) is 0 Å². The quantitative estimate of drug-likeness (QED) is 0.235. The van der Waals surface area contributed by atoms with Crippen LogP contribution < -0.4 is 14.2 Å². The summed E-state index contributed by atoms with van der Waals surface area (Å²) in [4.78, 5) is 53.1. The van der Waals surface area contributed by atoms with Gasteiger partial charge >= 0.3 is 11.9 Å². The molecule has 0 fully saturated rings. The predicted octanol–water partition coefficient (Wildman–Crippen LogP) is 4.30. The van der Waals surface area contributed by atoms with E-state index < -0.39 is 23.5 Å². The van der Waals surface area contributed by atoms with Crippen molar-refractivity contribution < 1.29 is 42.9 Å². The van der Waals surface area contributed by atoms with Crippen LogP contribution >= 0.6 is 0 Å². The van der Waals surface area contributed by atoms with E-state index in [0.29, 0.717) is 16.5 Å². The van der Waals surface area contributed by atoms with Gasteiger partial charge in [0.2, 0.25) is 5.78 Å². The highest BCUT2D eigenvalue weighted by Crippen LogP contribution is 2.47. The minimum atomic E-state index is -0.835. The lowest BCUT2D eigenvalue weighted by Crippen LogP contribution is -2.25. The highest BCUT2D eigenvalue weighted by molar-refractivity contribution is 6.33. The molecule has 1 aliphatic rings. The normalized spacial score (nSPS) is 12.1. The molecule has 0 saturated heterocycles. The molecular formula is C30H24O9. The van der Waals surface area contributed by atoms with Gasteiger partial charge in [-0.2, -0.15) is 0 Å². The molecule has 0 aromatic heterocycles. The van der Waals surface area contributed by atoms with E-state index in [4.69, 9.17) is 23.7 Å². The third-order valence-electron chi connectivity index (χ3n) is 6.93. The maximum atomic E-state index is 14.2. The molecule has 0 spiro atoms. The van der Waals surface area contributed by atoms with Crippen molar-refractivity contribution in [1.29, 1.82) is 0 Å². The van der Waals surface area contributed by atoms with Gasteiger partial charge in [-0.3, -0.25) is 14.4 Å². The molecule has 4 aromatic rings. The molecule has 4 aromatic carbocycles. The maximum absolute atomic E-state index is 14.2. The number of methoxy groups -OCH3 is 5.